The van der Waals surface area contributed by atoms with Gasteiger partial charge in [0.25, 0.3) is 5.91 Å². The molecule has 0 saturated carbocycles. The Hall–Kier alpha value is -2.50. The van der Waals surface area contributed by atoms with Gasteiger partial charge in [-0.15, -0.1) is 0 Å². The van der Waals surface area contributed by atoms with Crippen LogP contribution >= 0.6 is 23.2 Å². The van der Waals surface area contributed by atoms with Crippen molar-refractivity contribution in [3.63, 3.8) is 0 Å². The average Bonchev–Trinajstić information content (AvgIpc) is 3.07. The van der Waals surface area contributed by atoms with Crippen LogP contribution in [0.2, 0.25) is 10.0 Å². The van der Waals surface area contributed by atoms with Gasteiger partial charge in [-0.1, -0.05) is 35.3 Å². The summed E-state index contributed by atoms with van der Waals surface area (Å²) in [5, 5.41) is 5.44. The summed E-state index contributed by atoms with van der Waals surface area (Å²) in [6.45, 7) is 3.50. The Morgan fingerprint density at radius 3 is 2.43 bits per heavy atom. The summed E-state index contributed by atoms with van der Waals surface area (Å²) in [7, 11) is 1.75. The zero-order chi connectivity index (χ0) is 20.1. The van der Waals surface area contributed by atoms with E-state index in [0.717, 1.165) is 17.0 Å². The van der Waals surface area contributed by atoms with Gasteiger partial charge in [-0.2, -0.15) is 5.10 Å². The molecule has 0 aliphatic heterocycles. The van der Waals surface area contributed by atoms with Gasteiger partial charge < -0.3 is 9.64 Å². The molecule has 1 aromatic heterocycles. The number of aromatic nitrogens is 2. The van der Waals surface area contributed by atoms with Gasteiger partial charge in [0.1, 0.15) is 12.4 Å². The lowest BCUT2D eigenvalue weighted by molar-refractivity contribution is 0.0781. The summed E-state index contributed by atoms with van der Waals surface area (Å²) in [6, 6.07) is 14.6. The highest BCUT2D eigenvalue weighted by molar-refractivity contribution is 6.31. The maximum atomic E-state index is 12.7. The van der Waals surface area contributed by atoms with E-state index in [2.05, 4.69) is 5.10 Å². The summed E-state index contributed by atoms with van der Waals surface area (Å²) < 4.78 is 7.52. The molecule has 0 radical (unpaired) electrons. The van der Waals surface area contributed by atoms with Gasteiger partial charge in [0.05, 0.1) is 23.5 Å². The van der Waals surface area contributed by atoms with E-state index in [1.807, 2.05) is 31.2 Å². The largest absolute Gasteiger partial charge is 0.489 e. The van der Waals surface area contributed by atoms with E-state index in [-0.39, 0.29) is 5.91 Å². The standard InChI is InChI=1S/C21H21Cl2N3O2/c1-3-26-20(19(23)12-24-26)13-25(2)21(27)16-6-4-15(5-7-16)14-28-18-10-8-17(22)9-11-18/h4-12H,3,13-14H2,1-2H3. The summed E-state index contributed by atoms with van der Waals surface area (Å²) in [5.74, 6) is 0.666. The molecule has 0 unspecified atom stereocenters. The first-order chi connectivity index (χ1) is 13.5. The van der Waals surface area contributed by atoms with Crippen molar-refractivity contribution in [2.24, 2.45) is 0 Å². The number of hydrogen-bond donors (Lipinski definition) is 0. The lowest BCUT2D eigenvalue weighted by atomic mass is 10.1. The fourth-order valence-corrected chi connectivity index (χ4v) is 3.10. The summed E-state index contributed by atoms with van der Waals surface area (Å²) in [4.78, 5) is 14.3. The van der Waals surface area contributed by atoms with E-state index in [1.165, 1.54) is 0 Å². The summed E-state index contributed by atoms with van der Waals surface area (Å²) in [5.41, 5.74) is 2.41. The second-order valence-corrected chi connectivity index (χ2v) is 7.20. The van der Waals surface area contributed by atoms with Crippen molar-refractivity contribution in [2.45, 2.75) is 26.6 Å². The molecule has 0 spiro atoms. The van der Waals surface area contributed by atoms with Crippen LogP contribution in [0.15, 0.2) is 54.7 Å². The van der Waals surface area contributed by atoms with Crippen LogP contribution in [0.25, 0.3) is 0 Å². The minimum Gasteiger partial charge on any atom is -0.489 e. The fourth-order valence-electron chi connectivity index (χ4n) is 2.78. The molecule has 3 aromatic rings. The van der Waals surface area contributed by atoms with Gasteiger partial charge >= 0.3 is 0 Å². The van der Waals surface area contributed by atoms with Crippen molar-refractivity contribution in [1.29, 1.82) is 0 Å². The van der Waals surface area contributed by atoms with Crippen LogP contribution in [0.4, 0.5) is 0 Å². The quantitative estimate of drug-likeness (QED) is 0.539. The Bertz CT molecular complexity index is 937. The monoisotopic (exact) mass is 417 g/mol. The topological polar surface area (TPSA) is 47.4 Å². The smallest absolute Gasteiger partial charge is 0.253 e. The second-order valence-electron chi connectivity index (χ2n) is 6.36. The number of rotatable bonds is 7. The van der Waals surface area contributed by atoms with Crippen molar-refractivity contribution in [1.82, 2.24) is 14.7 Å². The first-order valence-corrected chi connectivity index (χ1v) is 9.66. The first-order valence-electron chi connectivity index (χ1n) is 8.91. The molecule has 0 bridgehead atoms. The predicted molar refractivity (Wildman–Crippen MR) is 111 cm³/mol. The van der Waals surface area contributed by atoms with E-state index < -0.39 is 0 Å². The molecular weight excluding hydrogens is 397 g/mol. The minimum absolute atomic E-state index is 0.0786. The molecule has 0 atom stereocenters. The molecule has 1 heterocycles. The molecule has 0 N–H and O–H groups in total. The maximum absolute atomic E-state index is 12.7. The fraction of sp³-hybridized carbons (Fsp3) is 0.238. The Balaban J connectivity index is 1.61. The van der Waals surface area contributed by atoms with Crippen LogP contribution in [0.1, 0.15) is 28.5 Å². The van der Waals surface area contributed by atoms with Gasteiger partial charge in [0.15, 0.2) is 0 Å². The Morgan fingerprint density at radius 1 is 1.11 bits per heavy atom. The number of benzene rings is 2. The highest BCUT2D eigenvalue weighted by Gasteiger charge is 2.16. The molecule has 146 valence electrons. The number of nitrogens with zero attached hydrogens (tertiary/aromatic N) is 3. The van der Waals surface area contributed by atoms with Crippen LogP contribution in [0.5, 0.6) is 5.75 Å². The Labute approximate surface area is 174 Å². The first kappa shape index (κ1) is 20.2. The highest BCUT2D eigenvalue weighted by atomic mass is 35.5. The van der Waals surface area contributed by atoms with E-state index in [4.69, 9.17) is 27.9 Å². The van der Waals surface area contributed by atoms with Gasteiger partial charge in [-0.05, 0) is 48.9 Å². The molecule has 5 nitrogen and oxygen atoms in total. The highest BCUT2D eigenvalue weighted by Crippen LogP contribution is 2.19. The predicted octanol–water partition coefficient (Wildman–Crippen LogP) is 5.06. The molecule has 3 rings (SSSR count). The normalized spacial score (nSPS) is 10.7. The Kier molecular flexibility index (Phi) is 6.60. The molecular formula is C21H21Cl2N3O2. The number of carbonyl (C=O) groups excluding carboxylic acids is 1. The third-order valence-corrected chi connectivity index (χ3v) is 4.92. The molecule has 0 saturated heterocycles. The van der Waals surface area contributed by atoms with E-state index in [1.54, 1.807) is 47.1 Å². The van der Waals surface area contributed by atoms with Crippen LogP contribution < -0.4 is 4.74 Å². The zero-order valence-electron chi connectivity index (χ0n) is 15.7. The molecule has 7 heteroatoms. The van der Waals surface area contributed by atoms with Crippen molar-refractivity contribution in [3.8, 4) is 5.75 Å². The third kappa shape index (κ3) is 4.86. The SMILES string of the molecule is CCn1ncc(Cl)c1CN(C)C(=O)c1ccc(COc2ccc(Cl)cc2)cc1. The van der Waals surface area contributed by atoms with Crippen LogP contribution in [-0.4, -0.2) is 27.6 Å². The zero-order valence-corrected chi connectivity index (χ0v) is 17.2. The Morgan fingerprint density at radius 2 is 1.79 bits per heavy atom. The molecule has 2 aromatic carbocycles. The number of carbonyl (C=O) groups is 1. The number of halogens is 2. The lowest BCUT2D eigenvalue weighted by Gasteiger charge is -2.18. The number of hydrogen-bond acceptors (Lipinski definition) is 3. The maximum Gasteiger partial charge on any atom is 0.253 e. The molecule has 0 fully saturated rings. The number of aryl methyl sites for hydroxylation is 1. The number of amides is 1. The van der Waals surface area contributed by atoms with Gasteiger partial charge in [0, 0.05) is 24.2 Å². The van der Waals surface area contributed by atoms with Crippen molar-refractivity contribution < 1.29 is 9.53 Å². The van der Waals surface area contributed by atoms with Crippen LogP contribution in [0, 0.1) is 0 Å². The van der Waals surface area contributed by atoms with Gasteiger partial charge in [-0.25, -0.2) is 0 Å². The molecule has 28 heavy (non-hydrogen) atoms. The molecule has 1 amide bonds. The van der Waals surface area contributed by atoms with E-state index >= 15 is 0 Å². The van der Waals surface area contributed by atoms with Crippen molar-refractivity contribution in [3.05, 3.63) is 81.6 Å². The third-order valence-electron chi connectivity index (χ3n) is 4.35. The molecule has 0 aliphatic rings. The summed E-state index contributed by atoms with van der Waals surface area (Å²) in [6.07, 6.45) is 1.61. The lowest BCUT2D eigenvalue weighted by Crippen LogP contribution is -2.27. The average molecular weight is 418 g/mol. The van der Waals surface area contributed by atoms with Gasteiger partial charge in [0.2, 0.25) is 0 Å². The molecule has 0 aliphatic carbocycles. The van der Waals surface area contributed by atoms with Crippen molar-refractivity contribution in [2.75, 3.05) is 7.05 Å². The summed E-state index contributed by atoms with van der Waals surface area (Å²) >= 11 is 12.1. The number of ether oxygens (including phenoxy) is 1. The van der Waals surface area contributed by atoms with E-state index in [9.17, 15) is 4.79 Å². The minimum atomic E-state index is -0.0786. The van der Waals surface area contributed by atoms with Crippen molar-refractivity contribution >= 4 is 29.1 Å². The van der Waals surface area contributed by atoms with E-state index in [0.29, 0.717) is 35.3 Å². The van der Waals surface area contributed by atoms with Gasteiger partial charge in [-0.3, -0.25) is 9.48 Å². The van der Waals surface area contributed by atoms with Crippen LogP contribution in [-0.2, 0) is 19.7 Å². The second kappa shape index (κ2) is 9.13. The van der Waals surface area contributed by atoms with Crippen LogP contribution in [0.3, 0.4) is 0 Å².